The summed E-state index contributed by atoms with van der Waals surface area (Å²) < 4.78 is 0. The van der Waals surface area contributed by atoms with Gasteiger partial charge in [0.15, 0.2) is 0 Å². The van der Waals surface area contributed by atoms with E-state index < -0.39 is 0 Å². The van der Waals surface area contributed by atoms with Gasteiger partial charge in [0.1, 0.15) is 0 Å². The van der Waals surface area contributed by atoms with E-state index in [0.29, 0.717) is 12.0 Å². The van der Waals surface area contributed by atoms with E-state index in [9.17, 15) is 0 Å². The monoisotopic (exact) mass is 246 g/mol. The number of nitrogens with two attached hydrogens (primary N) is 1. The highest BCUT2D eigenvalue weighted by atomic mass is 15.1. The van der Waals surface area contributed by atoms with Crippen LogP contribution in [0.2, 0.25) is 0 Å². The zero-order chi connectivity index (χ0) is 13.0. The van der Waals surface area contributed by atoms with Gasteiger partial charge >= 0.3 is 0 Å². The molecule has 1 aromatic carbocycles. The summed E-state index contributed by atoms with van der Waals surface area (Å²) in [6.07, 6.45) is 2.50. The van der Waals surface area contributed by atoms with Crippen molar-refractivity contribution in [3.05, 3.63) is 35.9 Å². The summed E-state index contributed by atoms with van der Waals surface area (Å²) >= 11 is 0. The summed E-state index contributed by atoms with van der Waals surface area (Å²) in [4.78, 5) is 2.56. The maximum atomic E-state index is 6.18. The van der Waals surface area contributed by atoms with Gasteiger partial charge in [-0.3, -0.25) is 4.90 Å². The molecule has 1 aliphatic rings. The van der Waals surface area contributed by atoms with Crippen molar-refractivity contribution in [2.75, 3.05) is 13.1 Å². The molecular formula is C16H26N2. The van der Waals surface area contributed by atoms with Crippen LogP contribution in [0.15, 0.2) is 30.3 Å². The highest BCUT2D eigenvalue weighted by Crippen LogP contribution is 2.23. The minimum atomic E-state index is 0.367. The van der Waals surface area contributed by atoms with Crippen molar-refractivity contribution < 1.29 is 0 Å². The molecule has 0 spiro atoms. The fourth-order valence-electron chi connectivity index (χ4n) is 2.75. The van der Waals surface area contributed by atoms with E-state index in [1.807, 2.05) is 0 Å². The number of nitrogens with zero attached hydrogens (tertiary/aromatic N) is 1. The van der Waals surface area contributed by atoms with Crippen LogP contribution < -0.4 is 5.73 Å². The Kier molecular flexibility index (Phi) is 4.79. The van der Waals surface area contributed by atoms with Gasteiger partial charge in [-0.15, -0.1) is 0 Å². The highest BCUT2D eigenvalue weighted by molar-refractivity contribution is 5.14. The third-order valence-electron chi connectivity index (χ3n) is 4.08. The minimum Gasteiger partial charge on any atom is -0.327 e. The fraction of sp³-hybridized carbons (Fsp3) is 0.625. The lowest BCUT2D eigenvalue weighted by atomic mass is 9.93. The SMILES string of the molecule is CC(C)C(N)CC1CCN(Cc2ccccc2)C1. The Morgan fingerprint density at radius 3 is 2.67 bits per heavy atom. The Bertz CT molecular complexity index is 347. The molecule has 18 heavy (non-hydrogen) atoms. The molecule has 0 aliphatic carbocycles. The molecule has 1 aromatic rings. The Hall–Kier alpha value is -0.860. The van der Waals surface area contributed by atoms with Crippen LogP contribution in [0, 0.1) is 11.8 Å². The van der Waals surface area contributed by atoms with Crippen molar-refractivity contribution in [3.63, 3.8) is 0 Å². The van der Waals surface area contributed by atoms with Crippen LogP contribution in [0.25, 0.3) is 0 Å². The lowest BCUT2D eigenvalue weighted by Crippen LogP contribution is -2.30. The van der Waals surface area contributed by atoms with Gasteiger partial charge in [0, 0.05) is 19.1 Å². The average Bonchev–Trinajstić information content (AvgIpc) is 2.77. The van der Waals surface area contributed by atoms with Crippen molar-refractivity contribution in [3.8, 4) is 0 Å². The molecule has 2 unspecified atom stereocenters. The van der Waals surface area contributed by atoms with Gasteiger partial charge in [-0.05, 0) is 36.8 Å². The molecule has 100 valence electrons. The fourth-order valence-corrected chi connectivity index (χ4v) is 2.75. The van der Waals surface area contributed by atoms with Crippen molar-refractivity contribution in [2.45, 2.75) is 39.3 Å². The molecule has 0 aromatic heterocycles. The molecule has 1 fully saturated rings. The van der Waals surface area contributed by atoms with E-state index in [4.69, 9.17) is 5.73 Å². The summed E-state index contributed by atoms with van der Waals surface area (Å²) in [5.41, 5.74) is 7.60. The van der Waals surface area contributed by atoms with E-state index in [-0.39, 0.29) is 0 Å². The van der Waals surface area contributed by atoms with Crippen LogP contribution in [-0.4, -0.2) is 24.0 Å². The van der Waals surface area contributed by atoms with Crippen LogP contribution in [0.4, 0.5) is 0 Å². The standard InChI is InChI=1S/C16H26N2/c1-13(2)16(17)10-15-8-9-18(12-15)11-14-6-4-3-5-7-14/h3-7,13,15-16H,8-12,17H2,1-2H3. The van der Waals surface area contributed by atoms with E-state index in [1.165, 1.54) is 31.5 Å². The number of hydrogen-bond acceptors (Lipinski definition) is 2. The number of hydrogen-bond donors (Lipinski definition) is 1. The molecule has 2 N–H and O–H groups in total. The average molecular weight is 246 g/mol. The van der Waals surface area contributed by atoms with E-state index in [2.05, 4.69) is 49.1 Å². The van der Waals surface area contributed by atoms with Gasteiger partial charge in [-0.2, -0.15) is 0 Å². The van der Waals surface area contributed by atoms with Gasteiger partial charge in [0.05, 0.1) is 0 Å². The maximum absolute atomic E-state index is 6.18. The molecule has 0 amide bonds. The molecule has 1 saturated heterocycles. The molecule has 1 aliphatic heterocycles. The zero-order valence-corrected chi connectivity index (χ0v) is 11.7. The highest BCUT2D eigenvalue weighted by Gasteiger charge is 2.24. The van der Waals surface area contributed by atoms with Gasteiger partial charge in [0.2, 0.25) is 0 Å². The van der Waals surface area contributed by atoms with Gasteiger partial charge < -0.3 is 5.73 Å². The third kappa shape index (κ3) is 3.82. The first-order chi connectivity index (χ1) is 8.65. The predicted molar refractivity (Wildman–Crippen MR) is 77.3 cm³/mol. The Morgan fingerprint density at radius 2 is 2.00 bits per heavy atom. The molecule has 1 heterocycles. The summed E-state index contributed by atoms with van der Waals surface area (Å²) in [6, 6.07) is 11.1. The molecule has 0 radical (unpaired) electrons. The molecule has 2 atom stereocenters. The smallest absolute Gasteiger partial charge is 0.0233 e. The minimum absolute atomic E-state index is 0.367. The van der Waals surface area contributed by atoms with Crippen LogP contribution in [0.3, 0.4) is 0 Å². The number of rotatable bonds is 5. The van der Waals surface area contributed by atoms with Crippen LogP contribution in [-0.2, 0) is 6.54 Å². The largest absolute Gasteiger partial charge is 0.327 e. The van der Waals surface area contributed by atoms with Gasteiger partial charge in [-0.25, -0.2) is 0 Å². The van der Waals surface area contributed by atoms with E-state index >= 15 is 0 Å². The topological polar surface area (TPSA) is 29.3 Å². The summed E-state index contributed by atoms with van der Waals surface area (Å²) in [6.45, 7) is 7.98. The van der Waals surface area contributed by atoms with Crippen molar-refractivity contribution in [1.82, 2.24) is 4.90 Å². The third-order valence-corrected chi connectivity index (χ3v) is 4.08. The van der Waals surface area contributed by atoms with Crippen molar-refractivity contribution in [1.29, 1.82) is 0 Å². The maximum Gasteiger partial charge on any atom is 0.0233 e. The van der Waals surface area contributed by atoms with Crippen LogP contribution in [0.1, 0.15) is 32.3 Å². The number of likely N-dealkylation sites (tertiary alicyclic amines) is 1. The van der Waals surface area contributed by atoms with Gasteiger partial charge in [-0.1, -0.05) is 44.2 Å². The summed E-state index contributed by atoms with van der Waals surface area (Å²) in [5, 5.41) is 0. The van der Waals surface area contributed by atoms with E-state index in [1.54, 1.807) is 0 Å². The first-order valence-electron chi connectivity index (χ1n) is 7.17. The second kappa shape index (κ2) is 6.35. The molecule has 0 saturated carbocycles. The Balaban J connectivity index is 1.78. The molecular weight excluding hydrogens is 220 g/mol. The molecule has 2 heteroatoms. The van der Waals surface area contributed by atoms with Crippen molar-refractivity contribution >= 4 is 0 Å². The molecule has 2 rings (SSSR count). The normalized spacial score (nSPS) is 22.6. The summed E-state index contributed by atoms with van der Waals surface area (Å²) in [7, 11) is 0. The Labute approximate surface area is 111 Å². The first kappa shape index (κ1) is 13.6. The lowest BCUT2D eigenvalue weighted by Gasteiger charge is -2.20. The van der Waals surface area contributed by atoms with Crippen LogP contribution >= 0.6 is 0 Å². The molecule has 0 bridgehead atoms. The van der Waals surface area contributed by atoms with Crippen LogP contribution in [0.5, 0.6) is 0 Å². The van der Waals surface area contributed by atoms with Gasteiger partial charge in [0.25, 0.3) is 0 Å². The lowest BCUT2D eigenvalue weighted by molar-refractivity contribution is 0.301. The first-order valence-corrected chi connectivity index (χ1v) is 7.17. The Morgan fingerprint density at radius 1 is 1.28 bits per heavy atom. The zero-order valence-electron chi connectivity index (χ0n) is 11.7. The predicted octanol–water partition coefficient (Wildman–Crippen LogP) is 2.88. The molecule has 2 nitrogen and oxygen atoms in total. The van der Waals surface area contributed by atoms with E-state index in [0.717, 1.165) is 12.5 Å². The quantitative estimate of drug-likeness (QED) is 0.865. The number of benzene rings is 1. The van der Waals surface area contributed by atoms with Crippen molar-refractivity contribution in [2.24, 2.45) is 17.6 Å². The second-order valence-electron chi connectivity index (χ2n) is 6.02. The summed E-state index contributed by atoms with van der Waals surface area (Å²) in [5.74, 6) is 1.40. The second-order valence-corrected chi connectivity index (χ2v) is 6.02.